The molecule has 0 aliphatic heterocycles. The van der Waals surface area contributed by atoms with E-state index in [1.165, 1.54) is 12.3 Å². The van der Waals surface area contributed by atoms with Crippen molar-refractivity contribution in [2.45, 2.75) is 6.54 Å². The number of hydrogen-bond donors (Lipinski definition) is 2. The van der Waals surface area contributed by atoms with Crippen molar-refractivity contribution in [2.24, 2.45) is 7.05 Å². The van der Waals surface area contributed by atoms with Crippen LogP contribution in [0.2, 0.25) is 0 Å². The molecular weight excluding hydrogens is 238 g/mol. The molecule has 0 fully saturated rings. The summed E-state index contributed by atoms with van der Waals surface area (Å²) in [4.78, 5) is 10.7. The van der Waals surface area contributed by atoms with Gasteiger partial charge in [0.2, 0.25) is 5.88 Å². The molecule has 0 atom stereocenters. The number of methoxy groups -OCH3 is 1. The van der Waals surface area contributed by atoms with Gasteiger partial charge in [-0.2, -0.15) is 5.10 Å². The SMILES string of the molecule is COc1cc(NCc2cc(C(=O)O)co2)nn1C. The molecule has 0 saturated carbocycles. The van der Waals surface area contributed by atoms with E-state index in [1.54, 1.807) is 24.9 Å². The van der Waals surface area contributed by atoms with Gasteiger partial charge in [0.05, 0.1) is 19.2 Å². The van der Waals surface area contributed by atoms with E-state index < -0.39 is 5.97 Å². The Bertz CT molecular complexity index is 558. The Balaban J connectivity index is 1.99. The first-order valence-corrected chi connectivity index (χ1v) is 5.22. The van der Waals surface area contributed by atoms with E-state index in [2.05, 4.69) is 10.4 Å². The predicted octanol–water partition coefficient (Wildman–Crippen LogP) is 1.33. The monoisotopic (exact) mass is 251 g/mol. The molecule has 0 saturated heterocycles. The van der Waals surface area contributed by atoms with Crippen LogP contribution in [0.1, 0.15) is 16.1 Å². The summed E-state index contributed by atoms with van der Waals surface area (Å²) in [6, 6.07) is 3.20. The van der Waals surface area contributed by atoms with E-state index in [1.807, 2.05) is 0 Å². The number of anilines is 1. The van der Waals surface area contributed by atoms with Crippen molar-refractivity contribution in [1.29, 1.82) is 0 Å². The van der Waals surface area contributed by atoms with Crippen LogP contribution in [0.3, 0.4) is 0 Å². The van der Waals surface area contributed by atoms with Gasteiger partial charge in [0.1, 0.15) is 12.0 Å². The lowest BCUT2D eigenvalue weighted by Gasteiger charge is -1.97. The molecule has 2 aromatic rings. The molecule has 0 bridgehead atoms. The number of carboxylic acid groups (broad SMARTS) is 1. The Kier molecular flexibility index (Phi) is 3.22. The fraction of sp³-hybridized carbons (Fsp3) is 0.273. The summed E-state index contributed by atoms with van der Waals surface area (Å²) in [6.07, 6.45) is 1.21. The third kappa shape index (κ3) is 2.45. The van der Waals surface area contributed by atoms with Crippen LogP contribution in [-0.4, -0.2) is 28.0 Å². The molecule has 0 spiro atoms. The molecule has 0 aliphatic rings. The molecule has 0 amide bonds. The van der Waals surface area contributed by atoms with Crippen molar-refractivity contribution >= 4 is 11.8 Å². The standard InChI is InChI=1S/C11H13N3O4/c1-14-10(17-2)4-9(13-14)12-5-8-3-7(6-18-8)11(15)16/h3-4,6H,5H2,1-2H3,(H,12,13)(H,15,16). The van der Waals surface area contributed by atoms with Gasteiger partial charge in [-0.05, 0) is 6.07 Å². The van der Waals surface area contributed by atoms with Crippen molar-refractivity contribution in [3.63, 3.8) is 0 Å². The summed E-state index contributed by atoms with van der Waals surface area (Å²) < 4.78 is 11.8. The largest absolute Gasteiger partial charge is 0.481 e. The highest BCUT2D eigenvalue weighted by atomic mass is 16.5. The molecule has 2 rings (SSSR count). The van der Waals surface area contributed by atoms with Crippen LogP contribution in [0, 0.1) is 0 Å². The van der Waals surface area contributed by atoms with Crippen molar-refractivity contribution in [1.82, 2.24) is 9.78 Å². The molecule has 0 unspecified atom stereocenters. The number of rotatable bonds is 5. The number of nitrogens with zero attached hydrogens (tertiary/aromatic N) is 2. The number of aryl methyl sites for hydroxylation is 1. The van der Waals surface area contributed by atoms with E-state index >= 15 is 0 Å². The average molecular weight is 251 g/mol. The van der Waals surface area contributed by atoms with E-state index in [-0.39, 0.29) is 5.56 Å². The number of carboxylic acids is 1. The minimum Gasteiger partial charge on any atom is -0.481 e. The summed E-state index contributed by atoms with van der Waals surface area (Å²) in [5, 5.41) is 15.9. The van der Waals surface area contributed by atoms with Crippen LogP contribution in [0.25, 0.3) is 0 Å². The van der Waals surface area contributed by atoms with Crippen LogP contribution in [0.15, 0.2) is 22.8 Å². The highest BCUT2D eigenvalue weighted by Gasteiger charge is 2.09. The fourth-order valence-electron chi connectivity index (χ4n) is 1.49. The Morgan fingerprint density at radius 1 is 1.61 bits per heavy atom. The number of hydrogen-bond acceptors (Lipinski definition) is 5. The smallest absolute Gasteiger partial charge is 0.338 e. The normalized spacial score (nSPS) is 10.3. The molecule has 18 heavy (non-hydrogen) atoms. The second-order valence-electron chi connectivity index (χ2n) is 3.66. The molecule has 7 nitrogen and oxygen atoms in total. The van der Waals surface area contributed by atoms with Gasteiger partial charge in [0.15, 0.2) is 5.82 Å². The van der Waals surface area contributed by atoms with E-state index in [9.17, 15) is 4.79 Å². The number of nitrogens with one attached hydrogen (secondary N) is 1. The van der Waals surface area contributed by atoms with Gasteiger partial charge in [-0.25, -0.2) is 9.48 Å². The maximum Gasteiger partial charge on any atom is 0.338 e. The number of ether oxygens (including phenoxy) is 1. The molecule has 0 aromatic carbocycles. The van der Waals surface area contributed by atoms with Gasteiger partial charge < -0.3 is 19.6 Å². The number of carbonyl (C=O) groups is 1. The van der Waals surface area contributed by atoms with E-state index in [0.29, 0.717) is 24.0 Å². The highest BCUT2D eigenvalue weighted by Crippen LogP contribution is 2.16. The van der Waals surface area contributed by atoms with E-state index in [0.717, 1.165) is 0 Å². The average Bonchev–Trinajstić information content (AvgIpc) is 2.92. The summed E-state index contributed by atoms with van der Waals surface area (Å²) in [5.74, 6) is 0.771. The summed E-state index contributed by atoms with van der Waals surface area (Å²) in [6.45, 7) is 0.355. The summed E-state index contributed by atoms with van der Waals surface area (Å²) in [5.41, 5.74) is 0.130. The maximum atomic E-state index is 10.7. The third-order valence-electron chi connectivity index (χ3n) is 2.39. The van der Waals surface area contributed by atoms with Gasteiger partial charge in [0, 0.05) is 13.1 Å². The molecular formula is C11H13N3O4. The fourth-order valence-corrected chi connectivity index (χ4v) is 1.49. The van der Waals surface area contributed by atoms with Gasteiger partial charge in [-0.1, -0.05) is 0 Å². The van der Waals surface area contributed by atoms with Crippen molar-refractivity contribution < 1.29 is 19.1 Å². The molecule has 7 heteroatoms. The lowest BCUT2D eigenvalue weighted by atomic mass is 10.3. The van der Waals surface area contributed by atoms with Crippen LogP contribution < -0.4 is 10.1 Å². The Labute approximate surface area is 103 Å². The Morgan fingerprint density at radius 3 is 2.94 bits per heavy atom. The zero-order chi connectivity index (χ0) is 13.1. The lowest BCUT2D eigenvalue weighted by Crippen LogP contribution is -2.00. The Morgan fingerprint density at radius 2 is 2.39 bits per heavy atom. The predicted molar refractivity (Wildman–Crippen MR) is 62.8 cm³/mol. The van der Waals surface area contributed by atoms with Gasteiger partial charge in [-0.15, -0.1) is 0 Å². The van der Waals surface area contributed by atoms with Crippen molar-refractivity contribution in [2.75, 3.05) is 12.4 Å². The summed E-state index contributed by atoms with van der Waals surface area (Å²) in [7, 11) is 3.33. The quantitative estimate of drug-likeness (QED) is 0.833. The van der Waals surface area contributed by atoms with Gasteiger partial charge in [0.25, 0.3) is 0 Å². The third-order valence-corrected chi connectivity index (χ3v) is 2.39. The minimum atomic E-state index is -1.01. The first-order chi connectivity index (χ1) is 8.60. The second kappa shape index (κ2) is 4.82. The zero-order valence-corrected chi connectivity index (χ0v) is 10.0. The van der Waals surface area contributed by atoms with Crippen molar-refractivity contribution in [3.05, 3.63) is 29.7 Å². The van der Waals surface area contributed by atoms with Crippen LogP contribution in [0.5, 0.6) is 5.88 Å². The maximum absolute atomic E-state index is 10.7. The molecule has 0 radical (unpaired) electrons. The molecule has 0 aliphatic carbocycles. The molecule has 2 heterocycles. The lowest BCUT2D eigenvalue weighted by molar-refractivity contribution is 0.0696. The first-order valence-electron chi connectivity index (χ1n) is 5.22. The molecule has 2 aromatic heterocycles. The minimum absolute atomic E-state index is 0.130. The summed E-state index contributed by atoms with van der Waals surface area (Å²) >= 11 is 0. The van der Waals surface area contributed by atoms with Crippen LogP contribution in [-0.2, 0) is 13.6 Å². The van der Waals surface area contributed by atoms with Crippen LogP contribution in [0.4, 0.5) is 5.82 Å². The number of aromatic carboxylic acids is 1. The van der Waals surface area contributed by atoms with E-state index in [4.69, 9.17) is 14.3 Å². The number of furan rings is 1. The molecule has 2 N–H and O–H groups in total. The van der Waals surface area contributed by atoms with Gasteiger partial charge >= 0.3 is 5.97 Å². The number of aromatic nitrogens is 2. The van der Waals surface area contributed by atoms with Crippen molar-refractivity contribution in [3.8, 4) is 5.88 Å². The van der Waals surface area contributed by atoms with Gasteiger partial charge in [-0.3, -0.25) is 0 Å². The van der Waals surface area contributed by atoms with Crippen LogP contribution >= 0.6 is 0 Å². The topological polar surface area (TPSA) is 89.5 Å². The Hall–Kier alpha value is -2.44. The first kappa shape index (κ1) is 12.0. The zero-order valence-electron chi connectivity index (χ0n) is 10.0. The second-order valence-corrected chi connectivity index (χ2v) is 3.66. The molecule has 96 valence electrons. The highest BCUT2D eigenvalue weighted by molar-refractivity contribution is 5.87.